The van der Waals surface area contributed by atoms with Crippen molar-refractivity contribution in [2.75, 3.05) is 37.9 Å². The Balaban J connectivity index is 1.43. The average molecular weight is 535 g/mol. The fourth-order valence-corrected chi connectivity index (χ4v) is 4.25. The van der Waals surface area contributed by atoms with E-state index < -0.39 is 12.1 Å². The average Bonchev–Trinajstić information content (AvgIpc) is 3.72. The number of carbonyl (C=O) groups is 3. The van der Waals surface area contributed by atoms with E-state index in [-0.39, 0.29) is 41.5 Å². The first kappa shape index (κ1) is 25.9. The first-order valence-electron chi connectivity index (χ1n) is 12.5. The number of likely N-dealkylation sites (tertiary alicyclic amines) is 1. The molecule has 3 heterocycles. The Morgan fingerprint density at radius 2 is 1.90 bits per heavy atom. The molecule has 2 aliphatic rings. The molecule has 0 spiro atoms. The molecule has 3 amide bonds. The van der Waals surface area contributed by atoms with Gasteiger partial charge in [0, 0.05) is 31.1 Å². The highest BCUT2D eigenvalue weighted by Gasteiger charge is 2.30. The van der Waals surface area contributed by atoms with Gasteiger partial charge in [0.25, 0.3) is 11.8 Å². The van der Waals surface area contributed by atoms with Crippen LogP contribution < -0.4 is 20.7 Å². The van der Waals surface area contributed by atoms with Crippen molar-refractivity contribution >= 4 is 34.9 Å². The molecule has 0 radical (unpaired) electrons. The number of methoxy groups -OCH3 is 1. The minimum atomic E-state index is -1.02. The number of anilines is 3. The number of alkyl halides is 1. The zero-order valence-corrected chi connectivity index (χ0v) is 21.4. The Labute approximate surface area is 223 Å². The number of rotatable bonds is 8. The van der Waals surface area contributed by atoms with Crippen LogP contribution in [0.1, 0.15) is 40.2 Å². The van der Waals surface area contributed by atoms with Crippen molar-refractivity contribution in [2.24, 2.45) is 5.92 Å². The molecule has 202 valence electrons. The molecule has 12 nitrogen and oxygen atoms in total. The summed E-state index contributed by atoms with van der Waals surface area (Å²) in [5.74, 6) is -0.402. The predicted molar refractivity (Wildman–Crippen MR) is 139 cm³/mol. The van der Waals surface area contributed by atoms with Gasteiger partial charge in [0.15, 0.2) is 17.3 Å². The van der Waals surface area contributed by atoms with Crippen molar-refractivity contribution in [3.8, 4) is 17.0 Å². The third-order valence-electron chi connectivity index (χ3n) is 6.49. The van der Waals surface area contributed by atoms with Crippen LogP contribution in [0.4, 0.5) is 21.6 Å². The fourth-order valence-electron chi connectivity index (χ4n) is 4.25. The highest BCUT2D eigenvalue weighted by Crippen LogP contribution is 2.38. The molecule has 1 aromatic carbocycles. The Morgan fingerprint density at radius 3 is 2.54 bits per heavy atom. The molecule has 2 fully saturated rings. The van der Waals surface area contributed by atoms with E-state index >= 15 is 0 Å². The van der Waals surface area contributed by atoms with Crippen molar-refractivity contribution < 1.29 is 23.5 Å². The SMILES string of the molecule is CNC(=O)c1nnc(NC(=O)C2CC2)cc1Nc1cccc(-c2cnc(C(=O)N3CC[C@@H](F)C3)cn2)c1OC. The third kappa shape index (κ3) is 5.61. The number of nitrogens with zero attached hydrogens (tertiary/aromatic N) is 5. The van der Waals surface area contributed by atoms with Crippen molar-refractivity contribution in [3.63, 3.8) is 0 Å². The Morgan fingerprint density at radius 1 is 1.08 bits per heavy atom. The fraction of sp³-hybridized carbons (Fsp3) is 0.346. The van der Waals surface area contributed by atoms with Gasteiger partial charge in [0.2, 0.25) is 5.91 Å². The van der Waals surface area contributed by atoms with Crippen LogP contribution in [0.2, 0.25) is 0 Å². The second-order valence-electron chi connectivity index (χ2n) is 9.27. The van der Waals surface area contributed by atoms with Crippen LogP contribution in [0.5, 0.6) is 5.75 Å². The van der Waals surface area contributed by atoms with E-state index in [4.69, 9.17) is 4.74 Å². The molecule has 3 N–H and O–H groups in total. The molecule has 1 saturated carbocycles. The summed E-state index contributed by atoms with van der Waals surface area (Å²) in [6.07, 6.45) is 3.77. The monoisotopic (exact) mass is 534 g/mol. The summed E-state index contributed by atoms with van der Waals surface area (Å²) in [5, 5.41) is 16.4. The Kier molecular flexibility index (Phi) is 7.30. The number of amides is 3. The summed E-state index contributed by atoms with van der Waals surface area (Å²) in [7, 11) is 2.96. The van der Waals surface area contributed by atoms with E-state index in [0.29, 0.717) is 41.3 Å². The van der Waals surface area contributed by atoms with Gasteiger partial charge in [-0.1, -0.05) is 6.07 Å². The first-order chi connectivity index (χ1) is 18.9. The molecule has 1 saturated heterocycles. The van der Waals surface area contributed by atoms with Crippen LogP contribution >= 0.6 is 0 Å². The van der Waals surface area contributed by atoms with Gasteiger partial charge in [0.1, 0.15) is 11.9 Å². The predicted octanol–water partition coefficient (Wildman–Crippen LogP) is 2.58. The van der Waals surface area contributed by atoms with E-state index in [1.54, 1.807) is 18.2 Å². The van der Waals surface area contributed by atoms with Gasteiger partial charge in [-0.15, -0.1) is 10.2 Å². The maximum atomic E-state index is 13.5. The van der Waals surface area contributed by atoms with Crippen molar-refractivity contribution in [1.29, 1.82) is 0 Å². The molecular formula is C26H27FN8O4. The van der Waals surface area contributed by atoms with Gasteiger partial charge in [-0.3, -0.25) is 19.4 Å². The Bertz CT molecular complexity index is 1410. The smallest absolute Gasteiger partial charge is 0.274 e. The molecule has 2 aromatic heterocycles. The minimum Gasteiger partial charge on any atom is -0.494 e. The van der Waals surface area contributed by atoms with Crippen LogP contribution in [0.3, 0.4) is 0 Å². The van der Waals surface area contributed by atoms with Crippen LogP contribution in [0.15, 0.2) is 36.7 Å². The number of nitrogens with one attached hydrogen (secondary N) is 3. The topological polar surface area (TPSA) is 151 Å². The summed E-state index contributed by atoms with van der Waals surface area (Å²) in [6.45, 7) is 0.399. The van der Waals surface area contributed by atoms with Gasteiger partial charge < -0.3 is 25.6 Å². The first-order valence-corrected chi connectivity index (χ1v) is 12.5. The second kappa shape index (κ2) is 11.0. The summed E-state index contributed by atoms with van der Waals surface area (Å²) in [5.41, 5.74) is 1.95. The lowest BCUT2D eigenvalue weighted by Crippen LogP contribution is -2.29. The maximum absolute atomic E-state index is 13.5. The normalized spacial score (nSPS) is 16.5. The zero-order chi connectivity index (χ0) is 27.5. The van der Waals surface area contributed by atoms with Crippen LogP contribution in [0, 0.1) is 5.92 Å². The molecule has 1 atom stereocenters. The lowest BCUT2D eigenvalue weighted by Gasteiger charge is -2.17. The molecule has 3 aromatic rings. The van der Waals surface area contributed by atoms with Crippen molar-refractivity contribution in [1.82, 2.24) is 30.4 Å². The molecule has 5 rings (SSSR count). The zero-order valence-electron chi connectivity index (χ0n) is 21.4. The standard InChI is InChI=1S/C26H27FN8O4/c1-28-25(37)22-18(10-21(33-34-22)32-24(36)14-6-7-14)31-17-5-3-4-16(23(17)39-2)19-11-30-20(12-29-19)26(38)35-9-8-15(27)13-35/h3-5,10-12,14-15H,6-9,13H2,1-2H3,(H,28,37)(H2,31,32,33,36)/t15-/m1/s1. The van der Waals surface area contributed by atoms with Gasteiger partial charge in [-0.25, -0.2) is 9.37 Å². The molecular weight excluding hydrogens is 507 g/mol. The number of aromatic nitrogens is 4. The minimum absolute atomic E-state index is 0.0227. The number of para-hydroxylation sites is 1. The van der Waals surface area contributed by atoms with E-state index in [9.17, 15) is 18.8 Å². The molecule has 0 bridgehead atoms. The highest BCUT2D eigenvalue weighted by molar-refractivity contribution is 6.00. The third-order valence-corrected chi connectivity index (χ3v) is 6.49. The van der Waals surface area contributed by atoms with Gasteiger partial charge in [0.05, 0.1) is 43.1 Å². The van der Waals surface area contributed by atoms with Crippen LogP contribution in [-0.2, 0) is 4.79 Å². The van der Waals surface area contributed by atoms with E-state index in [2.05, 4.69) is 36.1 Å². The number of carbonyl (C=O) groups excluding carboxylic acids is 3. The van der Waals surface area contributed by atoms with E-state index in [0.717, 1.165) is 12.8 Å². The lowest BCUT2D eigenvalue weighted by molar-refractivity contribution is -0.117. The highest BCUT2D eigenvalue weighted by atomic mass is 19.1. The molecule has 1 aliphatic heterocycles. The largest absolute Gasteiger partial charge is 0.494 e. The number of hydrogen-bond donors (Lipinski definition) is 3. The molecule has 39 heavy (non-hydrogen) atoms. The number of benzene rings is 1. The van der Waals surface area contributed by atoms with Crippen molar-refractivity contribution in [2.45, 2.75) is 25.4 Å². The van der Waals surface area contributed by atoms with Crippen LogP contribution in [0.25, 0.3) is 11.3 Å². The number of ether oxygens (including phenoxy) is 1. The quantitative estimate of drug-likeness (QED) is 0.396. The molecule has 1 aliphatic carbocycles. The number of halogens is 1. The summed E-state index contributed by atoms with van der Waals surface area (Å²) >= 11 is 0. The van der Waals surface area contributed by atoms with Gasteiger partial charge in [-0.2, -0.15) is 0 Å². The molecule has 0 unspecified atom stereocenters. The summed E-state index contributed by atoms with van der Waals surface area (Å²) < 4.78 is 19.2. The second-order valence-corrected chi connectivity index (χ2v) is 9.27. The Hall–Kier alpha value is -4.68. The van der Waals surface area contributed by atoms with Crippen molar-refractivity contribution in [3.05, 3.63) is 48.0 Å². The maximum Gasteiger partial charge on any atom is 0.274 e. The van der Waals surface area contributed by atoms with Gasteiger partial charge >= 0.3 is 0 Å². The summed E-state index contributed by atoms with van der Waals surface area (Å²) in [4.78, 5) is 47.4. The van der Waals surface area contributed by atoms with Crippen LogP contribution in [-0.4, -0.2) is 76.2 Å². The number of hydrogen-bond acceptors (Lipinski definition) is 9. The lowest BCUT2D eigenvalue weighted by atomic mass is 10.1. The van der Waals surface area contributed by atoms with E-state index in [1.165, 1.54) is 37.5 Å². The van der Waals surface area contributed by atoms with Gasteiger partial charge in [-0.05, 0) is 31.4 Å². The molecule has 13 heteroatoms. The van der Waals surface area contributed by atoms with E-state index in [1.807, 2.05) is 0 Å². The summed E-state index contributed by atoms with van der Waals surface area (Å²) in [6, 6.07) is 6.81.